The van der Waals surface area contributed by atoms with E-state index in [0.29, 0.717) is 6.61 Å². The van der Waals surface area contributed by atoms with Gasteiger partial charge in [0, 0.05) is 13.2 Å². The van der Waals surface area contributed by atoms with E-state index in [9.17, 15) is 4.79 Å². The maximum absolute atomic E-state index is 12.0. The topological polar surface area (TPSA) is 47.6 Å². The molecule has 106 valence electrons. The summed E-state index contributed by atoms with van der Waals surface area (Å²) in [5, 5.41) is 3.30. The summed E-state index contributed by atoms with van der Waals surface area (Å²) in [6.45, 7) is 4.60. The normalized spacial score (nSPS) is 13.9. The molecular weight excluding hydrogens is 242 g/mol. The Bertz CT molecular complexity index is 406. The Hall–Kier alpha value is -1.39. The van der Waals surface area contributed by atoms with Crippen LogP contribution < -0.4 is 5.32 Å². The van der Waals surface area contributed by atoms with Crippen LogP contribution in [-0.2, 0) is 20.9 Å². The largest absolute Gasteiger partial charge is 0.468 e. The lowest BCUT2D eigenvalue weighted by Gasteiger charge is -2.23. The molecule has 2 atom stereocenters. The van der Waals surface area contributed by atoms with Crippen molar-refractivity contribution in [2.24, 2.45) is 0 Å². The average Bonchev–Trinajstić information content (AvgIpc) is 2.45. The molecule has 0 aliphatic heterocycles. The molecule has 0 aliphatic carbocycles. The summed E-state index contributed by atoms with van der Waals surface area (Å²) in [7, 11) is 3.05. The molecule has 2 unspecified atom stereocenters. The van der Waals surface area contributed by atoms with E-state index >= 15 is 0 Å². The van der Waals surface area contributed by atoms with Crippen molar-refractivity contribution in [1.29, 1.82) is 0 Å². The van der Waals surface area contributed by atoms with Crippen LogP contribution in [-0.4, -0.2) is 26.2 Å². The van der Waals surface area contributed by atoms with E-state index in [1.54, 1.807) is 7.11 Å². The Kier molecular flexibility index (Phi) is 6.53. The molecular formula is C15H23NO3. The molecule has 0 radical (unpaired) electrons. The standard InChI is InChI=1S/C15H23NO3/c1-5-11(2)16-14(15(17)19-4)13-9-7-6-8-12(13)10-18-3/h6-9,11,14,16H,5,10H2,1-4H3. The Labute approximate surface area is 115 Å². The van der Waals surface area contributed by atoms with E-state index in [2.05, 4.69) is 19.2 Å². The fraction of sp³-hybridized carbons (Fsp3) is 0.533. The van der Waals surface area contributed by atoms with Gasteiger partial charge >= 0.3 is 5.97 Å². The number of carbonyl (C=O) groups is 1. The molecule has 0 amide bonds. The van der Waals surface area contributed by atoms with Crippen molar-refractivity contribution in [2.75, 3.05) is 14.2 Å². The summed E-state index contributed by atoms with van der Waals surface area (Å²) in [5.74, 6) is -0.274. The summed E-state index contributed by atoms with van der Waals surface area (Å²) in [6.07, 6.45) is 0.944. The van der Waals surface area contributed by atoms with Crippen molar-refractivity contribution in [3.05, 3.63) is 35.4 Å². The van der Waals surface area contributed by atoms with Gasteiger partial charge in [-0.2, -0.15) is 0 Å². The predicted octanol–water partition coefficient (Wildman–Crippen LogP) is 2.44. The number of rotatable bonds is 7. The zero-order valence-corrected chi connectivity index (χ0v) is 12.1. The number of hydrogen-bond acceptors (Lipinski definition) is 4. The predicted molar refractivity (Wildman–Crippen MR) is 74.8 cm³/mol. The summed E-state index contributed by atoms with van der Waals surface area (Å²) in [5.41, 5.74) is 1.91. The van der Waals surface area contributed by atoms with Crippen molar-refractivity contribution >= 4 is 5.97 Å². The highest BCUT2D eigenvalue weighted by atomic mass is 16.5. The van der Waals surface area contributed by atoms with E-state index in [0.717, 1.165) is 17.5 Å². The van der Waals surface area contributed by atoms with Crippen LogP contribution in [0.4, 0.5) is 0 Å². The average molecular weight is 265 g/mol. The molecule has 0 aromatic heterocycles. The van der Waals surface area contributed by atoms with Gasteiger partial charge < -0.3 is 9.47 Å². The van der Waals surface area contributed by atoms with Crippen LogP contribution in [0.2, 0.25) is 0 Å². The molecule has 0 heterocycles. The third-order valence-electron chi connectivity index (χ3n) is 3.17. The molecule has 1 N–H and O–H groups in total. The lowest BCUT2D eigenvalue weighted by Crippen LogP contribution is -2.36. The number of methoxy groups -OCH3 is 2. The Morgan fingerprint density at radius 3 is 2.58 bits per heavy atom. The van der Waals surface area contributed by atoms with E-state index in [1.807, 2.05) is 24.3 Å². The van der Waals surface area contributed by atoms with Gasteiger partial charge in [0.1, 0.15) is 6.04 Å². The van der Waals surface area contributed by atoms with Gasteiger partial charge in [-0.15, -0.1) is 0 Å². The number of hydrogen-bond donors (Lipinski definition) is 1. The molecule has 1 aromatic carbocycles. The van der Waals surface area contributed by atoms with Gasteiger partial charge in [-0.3, -0.25) is 5.32 Å². The first-order chi connectivity index (χ1) is 9.13. The minimum absolute atomic E-state index is 0.236. The lowest BCUT2D eigenvalue weighted by atomic mass is 9.99. The van der Waals surface area contributed by atoms with Crippen molar-refractivity contribution in [3.8, 4) is 0 Å². The molecule has 0 spiro atoms. The van der Waals surface area contributed by atoms with E-state index in [1.165, 1.54) is 7.11 Å². The van der Waals surface area contributed by atoms with Gasteiger partial charge in [0.15, 0.2) is 0 Å². The number of benzene rings is 1. The Balaban J connectivity index is 3.05. The first-order valence-corrected chi connectivity index (χ1v) is 6.54. The fourth-order valence-corrected chi connectivity index (χ4v) is 1.91. The van der Waals surface area contributed by atoms with Crippen LogP contribution in [0.25, 0.3) is 0 Å². The van der Waals surface area contributed by atoms with Crippen molar-refractivity contribution < 1.29 is 14.3 Å². The van der Waals surface area contributed by atoms with Gasteiger partial charge in [0.05, 0.1) is 13.7 Å². The first kappa shape index (κ1) is 15.7. The van der Waals surface area contributed by atoms with Crippen LogP contribution in [0.15, 0.2) is 24.3 Å². The molecule has 19 heavy (non-hydrogen) atoms. The van der Waals surface area contributed by atoms with Gasteiger partial charge in [0.25, 0.3) is 0 Å². The zero-order valence-electron chi connectivity index (χ0n) is 12.1. The van der Waals surface area contributed by atoms with Crippen LogP contribution in [0.5, 0.6) is 0 Å². The minimum atomic E-state index is -0.453. The third-order valence-corrected chi connectivity index (χ3v) is 3.17. The molecule has 1 aromatic rings. The van der Waals surface area contributed by atoms with Gasteiger partial charge in [-0.25, -0.2) is 4.79 Å². The SMILES string of the molecule is CCC(C)NC(C(=O)OC)c1ccccc1COC. The fourth-order valence-electron chi connectivity index (χ4n) is 1.91. The zero-order chi connectivity index (χ0) is 14.3. The van der Waals surface area contributed by atoms with E-state index in [-0.39, 0.29) is 12.0 Å². The Morgan fingerprint density at radius 2 is 2.00 bits per heavy atom. The van der Waals surface area contributed by atoms with Crippen LogP contribution in [0, 0.1) is 0 Å². The summed E-state index contributed by atoms with van der Waals surface area (Å²) < 4.78 is 10.1. The molecule has 0 saturated heterocycles. The van der Waals surface area contributed by atoms with Crippen LogP contribution >= 0.6 is 0 Å². The summed E-state index contributed by atoms with van der Waals surface area (Å²) >= 11 is 0. The second-order valence-electron chi connectivity index (χ2n) is 4.56. The smallest absolute Gasteiger partial charge is 0.327 e. The number of ether oxygens (including phenoxy) is 2. The quantitative estimate of drug-likeness (QED) is 0.769. The number of nitrogens with one attached hydrogen (secondary N) is 1. The first-order valence-electron chi connectivity index (χ1n) is 6.54. The minimum Gasteiger partial charge on any atom is -0.468 e. The van der Waals surface area contributed by atoms with E-state index < -0.39 is 6.04 Å². The number of carbonyl (C=O) groups excluding carboxylic acids is 1. The molecule has 0 saturated carbocycles. The highest BCUT2D eigenvalue weighted by Gasteiger charge is 2.24. The second kappa shape index (κ2) is 7.92. The molecule has 1 rings (SSSR count). The molecule has 4 nitrogen and oxygen atoms in total. The Morgan fingerprint density at radius 1 is 1.32 bits per heavy atom. The van der Waals surface area contributed by atoms with Crippen LogP contribution in [0.3, 0.4) is 0 Å². The second-order valence-corrected chi connectivity index (χ2v) is 4.56. The lowest BCUT2D eigenvalue weighted by molar-refractivity contribution is -0.143. The third kappa shape index (κ3) is 4.33. The van der Waals surface area contributed by atoms with Crippen molar-refractivity contribution in [1.82, 2.24) is 5.32 Å². The van der Waals surface area contributed by atoms with Crippen molar-refractivity contribution in [3.63, 3.8) is 0 Å². The molecule has 0 aliphatic rings. The van der Waals surface area contributed by atoms with Crippen LogP contribution in [0.1, 0.15) is 37.4 Å². The van der Waals surface area contributed by atoms with Crippen molar-refractivity contribution in [2.45, 2.75) is 39.0 Å². The molecule has 4 heteroatoms. The van der Waals surface area contributed by atoms with Gasteiger partial charge in [-0.1, -0.05) is 31.2 Å². The summed E-state index contributed by atoms with van der Waals surface area (Å²) in [6, 6.07) is 7.54. The maximum atomic E-state index is 12.0. The maximum Gasteiger partial charge on any atom is 0.327 e. The molecule has 0 bridgehead atoms. The highest BCUT2D eigenvalue weighted by Crippen LogP contribution is 2.21. The van der Waals surface area contributed by atoms with E-state index in [4.69, 9.17) is 9.47 Å². The summed E-state index contributed by atoms with van der Waals surface area (Å²) in [4.78, 5) is 12.0. The van der Waals surface area contributed by atoms with Gasteiger partial charge in [0.2, 0.25) is 0 Å². The highest BCUT2D eigenvalue weighted by molar-refractivity contribution is 5.78. The molecule has 0 fully saturated rings. The monoisotopic (exact) mass is 265 g/mol. The number of esters is 1. The van der Waals surface area contributed by atoms with Gasteiger partial charge in [-0.05, 0) is 24.5 Å².